The molecule has 0 fully saturated rings. The third-order valence-corrected chi connectivity index (χ3v) is 4.38. The molecule has 1 aliphatic rings. The summed E-state index contributed by atoms with van der Waals surface area (Å²) < 4.78 is 10.3. The number of amides is 2. The highest BCUT2D eigenvalue weighted by atomic mass is 16.5. The molecule has 1 aliphatic heterocycles. The first-order valence-corrected chi connectivity index (χ1v) is 8.94. The van der Waals surface area contributed by atoms with Crippen LogP contribution in [-0.2, 0) is 20.9 Å². The second kappa shape index (κ2) is 8.12. The lowest BCUT2D eigenvalue weighted by Gasteiger charge is -2.30. The van der Waals surface area contributed by atoms with Crippen LogP contribution in [-0.4, -0.2) is 31.5 Å². The smallest absolute Gasteiger partial charge is 0.337 e. The van der Waals surface area contributed by atoms with Crippen molar-refractivity contribution in [1.82, 2.24) is 0 Å². The number of rotatable bonds is 5. The van der Waals surface area contributed by atoms with Crippen LogP contribution in [0.5, 0.6) is 5.75 Å². The number of anilines is 2. The third-order valence-electron chi connectivity index (χ3n) is 4.38. The van der Waals surface area contributed by atoms with E-state index >= 15 is 0 Å². The van der Waals surface area contributed by atoms with E-state index < -0.39 is 5.97 Å². The number of benzene rings is 2. The van der Waals surface area contributed by atoms with Crippen molar-refractivity contribution in [1.29, 1.82) is 0 Å². The van der Waals surface area contributed by atoms with Gasteiger partial charge in [-0.1, -0.05) is 26.0 Å². The zero-order valence-electron chi connectivity index (χ0n) is 16.0. The largest absolute Gasteiger partial charge is 0.482 e. The molecule has 7 nitrogen and oxygen atoms in total. The molecule has 0 bridgehead atoms. The average molecular weight is 382 g/mol. The minimum Gasteiger partial charge on any atom is -0.482 e. The Kier molecular flexibility index (Phi) is 5.63. The van der Waals surface area contributed by atoms with E-state index in [9.17, 15) is 14.4 Å². The number of ether oxygens (including phenoxy) is 2. The van der Waals surface area contributed by atoms with Gasteiger partial charge in [-0.05, 0) is 35.9 Å². The monoisotopic (exact) mass is 382 g/mol. The standard InChI is InChI=1S/C21H22N2O5/c1-13(2)20(25)22-16-7-8-18-17(10-16)23(19(24)12-28-18)11-14-5-4-6-15(9-14)21(26)27-3/h4-10,13H,11-12H2,1-3H3,(H,22,25). The third kappa shape index (κ3) is 4.14. The van der Waals surface area contributed by atoms with E-state index in [1.54, 1.807) is 55.1 Å². The molecular formula is C21H22N2O5. The van der Waals surface area contributed by atoms with E-state index in [0.29, 0.717) is 22.7 Å². The van der Waals surface area contributed by atoms with Gasteiger partial charge in [0.05, 0.1) is 24.9 Å². The van der Waals surface area contributed by atoms with Gasteiger partial charge in [-0.15, -0.1) is 0 Å². The molecule has 146 valence electrons. The highest BCUT2D eigenvalue weighted by molar-refractivity contribution is 5.99. The van der Waals surface area contributed by atoms with E-state index in [2.05, 4.69) is 5.32 Å². The molecule has 0 radical (unpaired) electrons. The number of methoxy groups -OCH3 is 1. The Balaban J connectivity index is 1.89. The van der Waals surface area contributed by atoms with Crippen molar-refractivity contribution in [2.75, 3.05) is 23.9 Å². The number of carbonyl (C=O) groups is 3. The minimum atomic E-state index is -0.436. The molecule has 1 N–H and O–H groups in total. The van der Waals surface area contributed by atoms with Crippen molar-refractivity contribution in [3.8, 4) is 5.75 Å². The van der Waals surface area contributed by atoms with Gasteiger partial charge < -0.3 is 19.7 Å². The molecule has 3 rings (SSSR count). The first-order valence-electron chi connectivity index (χ1n) is 8.94. The minimum absolute atomic E-state index is 0.0681. The fraction of sp³-hybridized carbons (Fsp3) is 0.286. The molecule has 0 spiro atoms. The second-order valence-corrected chi connectivity index (χ2v) is 6.79. The van der Waals surface area contributed by atoms with Crippen LogP contribution in [0.2, 0.25) is 0 Å². The van der Waals surface area contributed by atoms with Gasteiger partial charge in [0.25, 0.3) is 5.91 Å². The van der Waals surface area contributed by atoms with Gasteiger partial charge in [0.1, 0.15) is 5.75 Å². The van der Waals surface area contributed by atoms with E-state index in [-0.39, 0.29) is 30.9 Å². The first-order chi connectivity index (χ1) is 13.4. The van der Waals surface area contributed by atoms with Crippen molar-refractivity contribution in [2.45, 2.75) is 20.4 Å². The Morgan fingerprint density at radius 1 is 1.21 bits per heavy atom. The SMILES string of the molecule is COC(=O)c1cccc(CN2C(=O)COc3ccc(NC(=O)C(C)C)cc32)c1. The number of nitrogens with one attached hydrogen (secondary N) is 1. The summed E-state index contributed by atoms with van der Waals surface area (Å²) in [6, 6.07) is 12.1. The summed E-state index contributed by atoms with van der Waals surface area (Å²) in [5.74, 6) is -0.352. The molecule has 7 heteroatoms. The quantitative estimate of drug-likeness (QED) is 0.804. The maximum atomic E-state index is 12.5. The Hall–Kier alpha value is -3.35. The Bertz CT molecular complexity index is 923. The fourth-order valence-electron chi connectivity index (χ4n) is 2.84. The molecular weight excluding hydrogens is 360 g/mol. The van der Waals surface area contributed by atoms with Gasteiger partial charge in [0.15, 0.2) is 6.61 Å². The summed E-state index contributed by atoms with van der Waals surface area (Å²) in [5.41, 5.74) is 2.35. The van der Waals surface area contributed by atoms with Crippen molar-refractivity contribution in [3.63, 3.8) is 0 Å². The molecule has 28 heavy (non-hydrogen) atoms. The van der Waals surface area contributed by atoms with Gasteiger partial charge >= 0.3 is 5.97 Å². The van der Waals surface area contributed by atoms with Crippen LogP contribution in [0.25, 0.3) is 0 Å². The molecule has 0 unspecified atom stereocenters. The van der Waals surface area contributed by atoms with Crippen LogP contribution in [0.1, 0.15) is 29.8 Å². The van der Waals surface area contributed by atoms with E-state index in [1.807, 2.05) is 6.07 Å². The predicted molar refractivity (Wildman–Crippen MR) is 104 cm³/mol. The summed E-state index contributed by atoms with van der Waals surface area (Å²) in [7, 11) is 1.32. The molecule has 2 aromatic rings. The molecule has 2 amide bonds. The second-order valence-electron chi connectivity index (χ2n) is 6.79. The van der Waals surface area contributed by atoms with Crippen LogP contribution in [0.4, 0.5) is 11.4 Å². The molecule has 0 saturated carbocycles. The normalized spacial score (nSPS) is 13.0. The molecule has 2 aromatic carbocycles. The predicted octanol–water partition coefficient (Wildman–Crippen LogP) is 2.99. The number of fused-ring (bicyclic) bond motifs is 1. The lowest BCUT2D eigenvalue weighted by Crippen LogP contribution is -2.38. The lowest BCUT2D eigenvalue weighted by atomic mass is 10.1. The topological polar surface area (TPSA) is 84.9 Å². The maximum absolute atomic E-state index is 12.5. The van der Waals surface area contributed by atoms with Crippen LogP contribution in [0.3, 0.4) is 0 Å². The van der Waals surface area contributed by atoms with Crippen LogP contribution >= 0.6 is 0 Å². The van der Waals surface area contributed by atoms with Crippen molar-refractivity contribution in [3.05, 3.63) is 53.6 Å². The average Bonchev–Trinajstić information content (AvgIpc) is 2.69. The summed E-state index contributed by atoms with van der Waals surface area (Å²) >= 11 is 0. The van der Waals surface area contributed by atoms with Gasteiger partial charge in [-0.2, -0.15) is 0 Å². The number of hydrogen-bond acceptors (Lipinski definition) is 5. The van der Waals surface area contributed by atoms with Crippen LogP contribution in [0, 0.1) is 5.92 Å². The van der Waals surface area contributed by atoms with Gasteiger partial charge in [-0.3, -0.25) is 9.59 Å². The number of esters is 1. The fourth-order valence-corrected chi connectivity index (χ4v) is 2.84. The lowest BCUT2D eigenvalue weighted by molar-refractivity contribution is -0.121. The summed E-state index contributed by atoms with van der Waals surface area (Å²) in [5, 5.41) is 2.83. The Labute approximate surface area is 163 Å². The summed E-state index contributed by atoms with van der Waals surface area (Å²) in [6.45, 7) is 3.81. The number of nitrogens with zero attached hydrogens (tertiary/aromatic N) is 1. The highest BCUT2D eigenvalue weighted by Crippen LogP contribution is 2.35. The summed E-state index contributed by atoms with van der Waals surface area (Å²) in [6.07, 6.45) is 0. The van der Waals surface area contributed by atoms with Crippen molar-refractivity contribution >= 4 is 29.2 Å². The van der Waals surface area contributed by atoms with Crippen LogP contribution in [0.15, 0.2) is 42.5 Å². The van der Waals surface area contributed by atoms with Crippen molar-refractivity contribution in [2.24, 2.45) is 5.92 Å². The molecule has 1 heterocycles. The molecule has 0 saturated heterocycles. The highest BCUT2D eigenvalue weighted by Gasteiger charge is 2.26. The summed E-state index contributed by atoms with van der Waals surface area (Å²) in [4.78, 5) is 37.8. The maximum Gasteiger partial charge on any atom is 0.337 e. The van der Waals surface area contributed by atoms with E-state index in [0.717, 1.165) is 5.56 Å². The molecule has 0 aliphatic carbocycles. The number of hydrogen-bond donors (Lipinski definition) is 1. The van der Waals surface area contributed by atoms with Gasteiger partial charge in [0, 0.05) is 11.6 Å². The van der Waals surface area contributed by atoms with E-state index in [4.69, 9.17) is 9.47 Å². The van der Waals surface area contributed by atoms with E-state index in [1.165, 1.54) is 7.11 Å². The molecule has 0 atom stereocenters. The van der Waals surface area contributed by atoms with Crippen molar-refractivity contribution < 1.29 is 23.9 Å². The van der Waals surface area contributed by atoms with Crippen LogP contribution < -0.4 is 15.0 Å². The van der Waals surface area contributed by atoms with Gasteiger partial charge in [0.2, 0.25) is 5.91 Å². The Morgan fingerprint density at radius 2 is 2.00 bits per heavy atom. The van der Waals surface area contributed by atoms with Gasteiger partial charge in [-0.25, -0.2) is 4.79 Å². The molecule has 0 aromatic heterocycles. The Morgan fingerprint density at radius 3 is 2.71 bits per heavy atom. The first kappa shape index (κ1) is 19.4. The zero-order chi connectivity index (χ0) is 20.3. The zero-order valence-corrected chi connectivity index (χ0v) is 16.0. The number of carbonyl (C=O) groups excluding carboxylic acids is 3.